The van der Waals surface area contributed by atoms with Gasteiger partial charge in [-0.05, 0) is 32.1 Å². The average molecular weight is 294 g/mol. The van der Waals surface area contributed by atoms with Crippen LogP contribution in [0.1, 0.15) is 26.2 Å². The van der Waals surface area contributed by atoms with Crippen molar-refractivity contribution in [3.63, 3.8) is 0 Å². The Morgan fingerprint density at radius 2 is 2.05 bits per heavy atom. The summed E-state index contributed by atoms with van der Waals surface area (Å²) >= 11 is 0. The average Bonchev–Trinajstić information content (AvgIpc) is 3.18. The quantitative estimate of drug-likeness (QED) is 0.810. The smallest absolute Gasteiger partial charge is 0.401 e. The molecule has 2 rings (SSSR count). The zero-order valence-electron chi connectivity index (χ0n) is 11.5. The van der Waals surface area contributed by atoms with Gasteiger partial charge in [-0.2, -0.15) is 13.2 Å². The third kappa shape index (κ3) is 4.34. The van der Waals surface area contributed by atoms with Gasteiger partial charge >= 0.3 is 12.1 Å². The summed E-state index contributed by atoms with van der Waals surface area (Å²) in [4.78, 5) is 13.2. The summed E-state index contributed by atoms with van der Waals surface area (Å²) in [6, 6.07) is -0.153. The summed E-state index contributed by atoms with van der Waals surface area (Å²) in [5, 5.41) is 11.6. The van der Waals surface area contributed by atoms with Crippen LogP contribution >= 0.6 is 0 Å². The highest BCUT2D eigenvalue weighted by atomic mass is 19.4. The summed E-state index contributed by atoms with van der Waals surface area (Å²) in [6.07, 6.45) is -1.73. The largest absolute Gasteiger partial charge is 0.481 e. The van der Waals surface area contributed by atoms with Gasteiger partial charge in [-0.25, -0.2) is 0 Å². The van der Waals surface area contributed by atoms with Crippen LogP contribution in [0.2, 0.25) is 0 Å². The lowest BCUT2D eigenvalue weighted by molar-refractivity contribution is -0.145. The number of aliphatic carboxylic acids is 1. The number of carboxylic acids is 1. The predicted octanol–water partition coefficient (Wildman–Crippen LogP) is 1.71. The molecule has 0 radical (unpaired) electrons. The summed E-state index contributed by atoms with van der Waals surface area (Å²) in [7, 11) is 0. The number of hydrogen-bond acceptors (Lipinski definition) is 3. The van der Waals surface area contributed by atoms with E-state index in [9.17, 15) is 18.0 Å². The zero-order valence-corrected chi connectivity index (χ0v) is 11.5. The van der Waals surface area contributed by atoms with Crippen molar-refractivity contribution in [3.05, 3.63) is 0 Å². The highest BCUT2D eigenvalue weighted by Crippen LogP contribution is 2.36. The van der Waals surface area contributed by atoms with E-state index in [1.807, 2.05) is 11.8 Å². The van der Waals surface area contributed by atoms with Gasteiger partial charge in [-0.3, -0.25) is 9.69 Å². The zero-order chi connectivity index (χ0) is 14.9. The molecule has 0 amide bonds. The van der Waals surface area contributed by atoms with E-state index < -0.39 is 30.7 Å². The Morgan fingerprint density at radius 1 is 1.40 bits per heavy atom. The fraction of sp³-hybridized carbons (Fsp3) is 0.923. The van der Waals surface area contributed by atoms with Crippen molar-refractivity contribution in [2.45, 2.75) is 44.4 Å². The molecule has 0 aromatic heterocycles. The van der Waals surface area contributed by atoms with Crippen molar-refractivity contribution >= 4 is 5.97 Å². The molecule has 1 saturated heterocycles. The number of piperidine rings is 1. The molecule has 0 spiro atoms. The van der Waals surface area contributed by atoms with Gasteiger partial charge in [-0.1, -0.05) is 0 Å². The number of nitrogens with zero attached hydrogens (tertiary/aromatic N) is 1. The number of halogens is 3. The lowest BCUT2D eigenvalue weighted by Crippen LogP contribution is -2.55. The first-order valence-electron chi connectivity index (χ1n) is 7.03. The molecule has 1 aliphatic heterocycles. The molecule has 0 aromatic rings. The Labute approximate surface area is 116 Å². The van der Waals surface area contributed by atoms with Crippen molar-refractivity contribution in [1.29, 1.82) is 0 Å². The number of carbonyl (C=O) groups is 1. The van der Waals surface area contributed by atoms with Gasteiger partial charge < -0.3 is 10.4 Å². The van der Waals surface area contributed by atoms with Gasteiger partial charge in [0.25, 0.3) is 0 Å². The molecule has 2 fully saturated rings. The number of nitrogens with one attached hydrogen (secondary N) is 1. The number of carboxylic acid groups (broad SMARTS) is 1. The Balaban J connectivity index is 1.94. The van der Waals surface area contributed by atoms with Gasteiger partial charge in [0.1, 0.15) is 0 Å². The maximum Gasteiger partial charge on any atom is 0.401 e. The normalized spacial score (nSPS) is 30.2. The molecule has 7 heteroatoms. The molecule has 0 aromatic carbocycles. The van der Waals surface area contributed by atoms with Crippen LogP contribution in [0, 0.1) is 11.8 Å². The van der Waals surface area contributed by atoms with Crippen LogP contribution in [-0.4, -0.2) is 53.9 Å². The molecule has 0 bridgehead atoms. The second-order valence-corrected chi connectivity index (χ2v) is 6.00. The minimum absolute atomic E-state index is 0.257. The van der Waals surface area contributed by atoms with Crippen molar-refractivity contribution in [2.75, 3.05) is 19.6 Å². The molecule has 1 heterocycles. The van der Waals surface area contributed by atoms with E-state index in [-0.39, 0.29) is 12.5 Å². The maximum absolute atomic E-state index is 12.3. The van der Waals surface area contributed by atoms with E-state index in [0.29, 0.717) is 19.0 Å². The summed E-state index contributed by atoms with van der Waals surface area (Å²) in [5.41, 5.74) is 0. The maximum atomic E-state index is 12.3. The van der Waals surface area contributed by atoms with Crippen LogP contribution in [0.4, 0.5) is 13.2 Å². The van der Waals surface area contributed by atoms with Crippen molar-refractivity contribution in [1.82, 2.24) is 10.2 Å². The third-order valence-corrected chi connectivity index (χ3v) is 4.30. The van der Waals surface area contributed by atoms with Crippen LogP contribution in [0.3, 0.4) is 0 Å². The molecule has 4 nitrogen and oxygen atoms in total. The lowest BCUT2D eigenvalue weighted by atomic mass is 9.92. The Morgan fingerprint density at radius 3 is 2.55 bits per heavy atom. The molecule has 20 heavy (non-hydrogen) atoms. The number of rotatable bonds is 5. The van der Waals surface area contributed by atoms with Crippen LogP contribution in [0.25, 0.3) is 0 Å². The van der Waals surface area contributed by atoms with Crippen molar-refractivity contribution in [3.8, 4) is 0 Å². The van der Waals surface area contributed by atoms with E-state index in [2.05, 4.69) is 5.32 Å². The van der Waals surface area contributed by atoms with E-state index >= 15 is 0 Å². The van der Waals surface area contributed by atoms with E-state index in [4.69, 9.17) is 5.11 Å². The second kappa shape index (κ2) is 5.89. The van der Waals surface area contributed by atoms with E-state index in [1.165, 1.54) is 0 Å². The first-order valence-corrected chi connectivity index (χ1v) is 7.03. The van der Waals surface area contributed by atoms with E-state index in [1.54, 1.807) is 0 Å². The van der Waals surface area contributed by atoms with Crippen LogP contribution in [0.5, 0.6) is 0 Å². The second-order valence-electron chi connectivity index (χ2n) is 6.00. The molecular formula is C13H21F3N2O2. The molecule has 1 saturated carbocycles. The molecule has 2 aliphatic rings. The highest BCUT2D eigenvalue weighted by Gasteiger charge is 2.39. The topological polar surface area (TPSA) is 52.6 Å². The fourth-order valence-corrected chi connectivity index (χ4v) is 2.93. The summed E-state index contributed by atoms with van der Waals surface area (Å²) in [5.74, 6) is -0.932. The summed E-state index contributed by atoms with van der Waals surface area (Å²) in [6.45, 7) is 1.92. The monoisotopic (exact) mass is 294 g/mol. The molecule has 3 atom stereocenters. The Bertz CT molecular complexity index is 358. The van der Waals surface area contributed by atoms with Gasteiger partial charge in [0.05, 0.1) is 12.5 Å². The SMILES string of the molecule is CC(C1CC1)N1CC(NCC(F)(F)F)CC(C(=O)O)C1. The summed E-state index contributed by atoms with van der Waals surface area (Å²) < 4.78 is 36.8. The minimum Gasteiger partial charge on any atom is -0.481 e. The van der Waals surface area contributed by atoms with Crippen molar-refractivity contribution < 1.29 is 23.1 Å². The van der Waals surface area contributed by atoms with Crippen LogP contribution < -0.4 is 5.32 Å². The Kier molecular flexibility index (Phi) is 4.59. The Hall–Kier alpha value is -0.820. The molecule has 1 aliphatic carbocycles. The number of hydrogen-bond donors (Lipinski definition) is 2. The van der Waals surface area contributed by atoms with Gasteiger partial charge in [0.15, 0.2) is 0 Å². The standard InChI is InChI=1S/C13H21F3N2O2/c1-8(9-2-3-9)18-5-10(12(19)20)4-11(6-18)17-7-13(14,15)16/h8-11,17H,2-7H2,1H3,(H,19,20). The van der Waals surface area contributed by atoms with Gasteiger partial charge in [-0.15, -0.1) is 0 Å². The fourth-order valence-electron chi connectivity index (χ4n) is 2.93. The molecule has 2 N–H and O–H groups in total. The van der Waals surface area contributed by atoms with Crippen molar-refractivity contribution in [2.24, 2.45) is 11.8 Å². The molecular weight excluding hydrogens is 273 g/mol. The predicted molar refractivity (Wildman–Crippen MR) is 67.3 cm³/mol. The number of alkyl halides is 3. The molecule has 116 valence electrons. The highest BCUT2D eigenvalue weighted by molar-refractivity contribution is 5.70. The third-order valence-electron chi connectivity index (χ3n) is 4.30. The van der Waals surface area contributed by atoms with Crippen LogP contribution in [0.15, 0.2) is 0 Å². The first kappa shape index (κ1) is 15.6. The van der Waals surface area contributed by atoms with Gasteiger partial charge in [0.2, 0.25) is 0 Å². The van der Waals surface area contributed by atoms with Crippen LogP contribution in [-0.2, 0) is 4.79 Å². The minimum atomic E-state index is -4.26. The first-order chi connectivity index (χ1) is 9.26. The van der Waals surface area contributed by atoms with E-state index in [0.717, 1.165) is 12.8 Å². The lowest BCUT2D eigenvalue weighted by Gasteiger charge is -2.40. The molecule has 3 unspecified atom stereocenters. The van der Waals surface area contributed by atoms with Gasteiger partial charge in [0, 0.05) is 25.2 Å². The number of likely N-dealkylation sites (tertiary alicyclic amines) is 1.